The van der Waals surface area contributed by atoms with Gasteiger partial charge in [0.15, 0.2) is 0 Å². The lowest BCUT2D eigenvalue weighted by molar-refractivity contribution is 0.230. The average Bonchev–Trinajstić information content (AvgIpc) is 2.50. The highest BCUT2D eigenvalue weighted by molar-refractivity contribution is 5.65. The van der Waals surface area contributed by atoms with Crippen LogP contribution in [0.2, 0.25) is 0 Å². The SMILES string of the molecule is CCC(CO)CNc1ccc(-c2ccccc2)cc1. The first kappa shape index (κ1) is 13.6. The number of rotatable bonds is 6. The molecule has 0 bridgehead atoms. The van der Waals surface area contributed by atoms with Crippen LogP contribution in [0.5, 0.6) is 0 Å². The van der Waals surface area contributed by atoms with Crippen molar-refractivity contribution >= 4 is 5.69 Å². The zero-order chi connectivity index (χ0) is 13.5. The van der Waals surface area contributed by atoms with Gasteiger partial charge in [-0.2, -0.15) is 0 Å². The second-order valence-electron chi connectivity index (χ2n) is 4.78. The molecule has 0 aliphatic carbocycles. The van der Waals surface area contributed by atoms with E-state index in [2.05, 4.69) is 60.8 Å². The predicted molar refractivity (Wildman–Crippen MR) is 81.2 cm³/mol. The highest BCUT2D eigenvalue weighted by atomic mass is 16.3. The van der Waals surface area contributed by atoms with Crippen molar-refractivity contribution in [2.75, 3.05) is 18.5 Å². The summed E-state index contributed by atoms with van der Waals surface area (Å²) in [5.41, 5.74) is 3.56. The van der Waals surface area contributed by atoms with Crippen LogP contribution in [0.3, 0.4) is 0 Å². The third-order valence-electron chi connectivity index (χ3n) is 3.42. The Balaban J connectivity index is 1.99. The summed E-state index contributed by atoms with van der Waals surface area (Å²) < 4.78 is 0. The van der Waals surface area contributed by atoms with Crippen molar-refractivity contribution in [3.8, 4) is 11.1 Å². The third-order valence-corrected chi connectivity index (χ3v) is 3.42. The van der Waals surface area contributed by atoms with Gasteiger partial charge in [-0.05, 0) is 35.6 Å². The lowest BCUT2D eigenvalue weighted by atomic mass is 10.1. The van der Waals surface area contributed by atoms with Crippen molar-refractivity contribution in [2.24, 2.45) is 5.92 Å². The van der Waals surface area contributed by atoms with E-state index in [0.29, 0.717) is 5.92 Å². The Morgan fingerprint density at radius 3 is 2.16 bits per heavy atom. The van der Waals surface area contributed by atoms with Crippen molar-refractivity contribution < 1.29 is 5.11 Å². The van der Waals surface area contributed by atoms with Crippen LogP contribution >= 0.6 is 0 Å². The number of anilines is 1. The van der Waals surface area contributed by atoms with E-state index in [1.54, 1.807) is 0 Å². The number of benzene rings is 2. The molecule has 2 rings (SSSR count). The number of nitrogens with one attached hydrogen (secondary N) is 1. The first-order chi connectivity index (χ1) is 9.33. The van der Waals surface area contributed by atoms with Gasteiger partial charge in [0.25, 0.3) is 0 Å². The fraction of sp³-hybridized carbons (Fsp3) is 0.294. The summed E-state index contributed by atoms with van der Waals surface area (Å²) in [5.74, 6) is 0.328. The number of hydrogen-bond acceptors (Lipinski definition) is 2. The Hall–Kier alpha value is -1.80. The zero-order valence-corrected chi connectivity index (χ0v) is 11.3. The molecule has 100 valence electrons. The second kappa shape index (κ2) is 6.95. The maximum atomic E-state index is 9.16. The van der Waals surface area contributed by atoms with Gasteiger partial charge in [0.2, 0.25) is 0 Å². The lowest BCUT2D eigenvalue weighted by Gasteiger charge is -2.14. The molecular weight excluding hydrogens is 234 g/mol. The minimum absolute atomic E-state index is 0.242. The van der Waals surface area contributed by atoms with Crippen LogP contribution in [0, 0.1) is 5.92 Å². The molecule has 1 atom stereocenters. The van der Waals surface area contributed by atoms with Crippen LogP contribution in [-0.4, -0.2) is 18.3 Å². The Morgan fingerprint density at radius 2 is 1.58 bits per heavy atom. The number of aliphatic hydroxyl groups excluding tert-OH is 1. The monoisotopic (exact) mass is 255 g/mol. The predicted octanol–water partition coefficient (Wildman–Crippen LogP) is 3.78. The van der Waals surface area contributed by atoms with E-state index in [9.17, 15) is 0 Å². The molecular formula is C17H21NO. The molecule has 0 aliphatic rings. The maximum absolute atomic E-state index is 9.16. The fourth-order valence-corrected chi connectivity index (χ4v) is 2.01. The summed E-state index contributed by atoms with van der Waals surface area (Å²) in [6.45, 7) is 3.16. The topological polar surface area (TPSA) is 32.3 Å². The standard InChI is InChI=1S/C17H21NO/c1-2-14(13-19)12-18-17-10-8-16(9-11-17)15-6-4-3-5-7-15/h3-11,14,18-19H,2,12-13H2,1H3. The summed E-state index contributed by atoms with van der Waals surface area (Å²) in [5, 5.41) is 12.5. The van der Waals surface area contributed by atoms with Gasteiger partial charge < -0.3 is 10.4 Å². The van der Waals surface area contributed by atoms with Gasteiger partial charge in [0.1, 0.15) is 0 Å². The Bertz CT molecular complexity index is 474. The molecule has 0 aromatic heterocycles. The average molecular weight is 255 g/mol. The van der Waals surface area contributed by atoms with Crippen molar-refractivity contribution in [1.82, 2.24) is 0 Å². The van der Waals surface area contributed by atoms with E-state index < -0.39 is 0 Å². The van der Waals surface area contributed by atoms with Crippen LogP contribution in [0.4, 0.5) is 5.69 Å². The van der Waals surface area contributed by atoms with Crippen LogP contribution in [0.25, 0.3) is 11.1 Å². The summed E-state index contributed by atoms with van der Waals surface area (Å²) in [4.78, 5) is 0. The molecule has 2 heteroatoms. The molecule has 0 heterocycles. The minimum Gasteiger partial charge on any atom is -0.396 e. The summed E-state index contributed by atoms with van der Waals surface area (Å²) in [7, 11) is 0. The first-order valence-electron chi connectivity index (χ1n) is 6.83. The molecule has 0 fully saturated rings. The summed E-state index contributed by atoms with van der Waals surface area (Å²) in [6.07, 6.45) is 0.992. The van der Waals surface area contributed by atoms with Gasteiger partial charge in [-0.25, -0.2) is 0 Å². The molecule has 0 saturated heterocycles. The van der Waals surface area contributed by atoms with Gasteiger partial charge in [-0.1, -0.05) is 49.4 Å². The molecule has 2 nitrogen and oxygen atoms in total. The van der Waals surface area contributed by atoms with E-state index in [1.165, 1.54) is 11.1 Å². The Labute approximate surface area is 115 Å². The van der Waals surface area contributed by atoms with E-state index in [1.807, 2.05) is 6.07 Å². The van der Waals surface area contributed by atoms with Crippen LogP contribution in [0.15, 0.2) is 54.6 Å². The van der Waals surface area contributed by atoms with Gasteiger partial charge in [0, 0.05) is 18.8 Å². The van der Waals surface area contributed by atoms with Gasteiger partial charge in [-0.3, -0.25) is 0 Å². The minimum atomic E-state index is 0.242. The molecule has 0 amide bonds. The van der Waals surface area contributed by atoms with Crippen molar-refractivity contribution in [3.63, 3.8) is 0 Å². The molecule has 0 aliphatic heterocycles. The van der Waals surface area contributed by atoms with Gasteiger partial charge in [0.05, 0.1) is 0 Å². The van der Waals surface area contributed by atoms with Crippen molar-refractivity contribution in [3.05, 3.63) is 54.6 Å². The zero-order valence-electron chi connectivity index (χ0n) is 11.3. The molecule has 0 radical (unpaired) electrons. The molecule has 1 unspecified atom stereocenters. The summed E-state index contributed by atoms with van der Waals surface area (Å²) in [6, 6.07) is 18.8. The molecule has 19 heavy (non-hydrogen) atoms. The molecule has 0 saturated carbocycles. The largest absolute Gasteiger partial charge is 0.396 e. The third kappa shape index (κ3) is 3.83. The van der Waals surface area contributed by atoms with Crippen LogP contribution in [-0.2, 0) is 0 Å². The fourth-order valence-electron chi connectivity index (χ4n) is 2.01. The lowest BCUT2D eigenvalue weighted by Crippen LogP contribution is -2.16. The van der Waals surface area contributed by atoms with Crippen LogP contribution in [0.1, 0.15) is 13.3 Å². The molecule has 2 aromatic carbocycles. The first-order valence-corrected chi connectivity index (χ1v) is 6.83. The molecule has 2 N–H and O–H groups in total. The molecule has 0 spiro atoms. The van der Waals surface area contributed by atoms with Crippen molar-refractivity contribution in [2.45, 2.75) is 13.3 Å². The Kier molecular flexibility index (Phi) is 4.99. The van der Waals surface area contributed by atoms with E-state index >= 15 is 0 Å². The quantitative estimate of drug-likeness (QED) is 0.823. The molecule has 2 aromatic rings. The van der Waals surface area contributed by atoms with Crippen molar-refractivity contribution in [1.29, 1.82) is 0 Å². The van der Waals surface area contributed by atoms with E-state index in [4.69, 9.17) is 5.11 Å². The van der Waals surface area contributed by atoms with E-state index in [-0.39, 0.29) is 6.61 Å². The van der Waals surface area contributed by atoms with Crippen LogP contribution < -0.4 is 5.32 Å². The van der Waals surface area contributed by atoms with E-state index in [0.717, 1.165) is 18.7 Å². The normalized spacial score (nSPS) is 12.1. The maximum Gasteiger partial charge on any atom is 0.0475 e. The summed E-state index contributed by atoms with van der Waals surface area (Å²) >= 11 is 0. The second-order valence-corrected chi connectivity index (χ2v) is 4.78. The van der Waals surface area contributed by atoms with Gasteiger partial charge in [-0.15, -0.1) is 0 Å². The Morgan fingerprint density at radius 1 is 0.947 bits per heavy atom. The highest BCUT2D eigenvalue weighted by Gasteiger charge is 2.04. The highest BCUT2D eigenvalue weighted by Crippen LogP contribution is 2.21. The van der Waals surface area contributed by atoms with Gasteiger partial charge >= 0.3 is 0 Å². The smallest absolute Gasteiger partial charge is 0.0475 e. The number of hydrogen-bond donors (Lipinski definition) is 2. The number of aliphatic hydroxyl groups is 1.